The Labute approximate surface area is 120 Å². The van der Waals surface area contributed by atoms with Gasteiger partial charge in [0.15, 0.2) is 5.69 Å². The number of amides is 1. The fourth-order valence-electron chi connectivity index (χ4n) is 1.88. The van der Waals surface area contributed by atoms with Crippen LogP contribution >= 0.6 is 0 Å². The van der Waals surface area contributed by atoms with Crippen LogP contribution in [0.3, 0.4) is 0 Å². The number of aromatic carboxylic acids is 1. The number of primary amides is 1. The first-order chi connectivity index (χ1) is 9.93. The second kappa shape index (κ2) is 5.73. The molecule has 0 saturated heterocycles. The summed E-state index contributed by atoms with van der Waals surface area (Å²) in [5, 5.41) is 20.8. The molecule has 3 N–H and O–H groups in total. The Balaban J connectivity index is 2.47. The van der Waals surface area contributed by atoms with Gasteiger partial charge in [-0.2, -0.15) is 5.10 Å². The van der Waals surface area contributed by atoms with Gasteiger partial charge < -0.3 is 10.8 Å². The number of nitrogens with zero attached hydrogens (tertiary/aromatic N) is 5. The number of aryl methyl sites for hydroxylation is 1. The molecular formula is C12H16N6O3. The summed E-state index contributed by atoms with van der Waals surface area (Å²) >= 11 is 0. The molecule has 2 rings (SSSR count). The molecule has 1 atom stereocenters. The number of carbonyl (C=O) groups is 2. The van der Waals surface area contributed by atoms with Gasteiger partial charge in [-0.15, -0.1) is 5.10 Å². The SMILES string of the molecule is CCn1cc(-c2c(C(=O)O)nnn2CC(C)C(N)=O)cn1. The Hall–Kier alpha value is -2.71. The summed E-state index contributed by atoms with van der Waals surface area (Å²) in [7, 11) is 0. The van der Waals surface area contributed by atoms with E-state index in [2.05, 4.69) is 15.4 Å². The second-order valence-corrected chi connectivity index (χ2v) is 4.66. The van der Waals surface area contributed by atoms with Gasteiger partial charge in [0.05, 0.1) is 18.7 Å². The van der Waals surface area contributed by atoms with Gasteiger partial charge in [-0.1, -0.05) is 12.1 Å². The standard InChI is InChI=1S/C12H16N6O3/c1-3-17-6-8(4-14-17)10-9(12(20)21)15-16-18(10)5-7(2)11(13)19/h4,6-7H,3,5H2,1-2H3,(H2,13,19)(H,20,21). The van der Waals surface area contributed by atoms with Crippen LogP contribution in [0.25, 0.3) is 11.3 Å². The van der Waals surface area contributed by atoms with Crippen molar-refractivity contribution in [2.75, 3.05) is 0 Å². The molecule has 0 spiro atoms. The Morgan fingerprint density at radius 1 is 1.48 bits per heavy atom. The first-order valence-electron chi connectivity index (χ1n) is 6.43. The first-order valence-corrected chi connectivity index (χ1v) is 6.43. The summed E-state index contributed by atoms with van der Waals surface area (Å²) < 4.78 is 3.03. The number of carboxylic acids is 1. The van der Waals surface area contributed by atoms with Crippen molar-refractivity contribution in [1.29, 1.82) is 0 Å². The van der Waals surface area contributed by atoms with Crippen molar-refractivity contribution < 1.29 is 14.7 Å². The average molecular weight is 292 g/mol. The highest BCUT2D eigenvalue weighted by Crippen LogP contribution is 2.22. The van der Waals surface area contributed by atoms with Gasteiger partial charge in [0.1, 0.15) is 5.69 Å². The first kappa shape index (κ1) is 14.7. The molecule has 0 aliphatic carbocycles. The van der Waals surface area contributed by atoms with Crippen molar-refractivity contribution in [3.63, 3.8) is 0 Å². The van der Waals surface area contributed by atoms with Gasteiger partial charge in [-0.25, -0.2) is 9.48 Å². The lowest BCUT2D eigenvalue weighted by Gasteiger charge is -2.09. The predicted molar refractivity (Wildman–Crippen MR) is 72.2 cm³/mol. The van der Waals surface area contributed by atoms with Gasteiger partial charge in [-0.3, -0.25) is 9.48 Å². The minimum atomic E-state index is -1.19. The molecule has 2 heterocycles. The van der Waals surface area contributed by atoms with E-state index in [0.717, 1.165) is 0 Å². The van der Waals surface area contributed by atoms with E-state index >= 15 is 0 Å². The lowest BCUT2D eigenvalue weighted by atomic mass is 10.1. The van der Waals surface area contributed by atoms with E-state index in [1.807, 2.05) is 6.92 Å². The summed E-state index contributed by atoms with van der Waals surface area (Å²) in [6, 6.07) is 0. The summed E-state index contributed by atoms with van der Waals surface area (Å²) in [5.41, 5.74) is 5.95. The molecule has 1 unspecified atom stereocenters. The molecule has 0 fully saturated rings. The van der Waals surface area contributed by atoms with Gasteiger partial charge in [0.25, 0.3) is 0 Å². The van der Waals surface area contributed by atoms with Crippen LogP contribution in [-0.2, 0) is 17.9 Å². The van der Waals surface area contributed by atoms with Gasteiger partial charge in [0, 0.05) is 18.3 Å². The van der Waals surface area contributed by atoms with Crippen LogP contribution in [0.5, 0.6) is 0 Å². The van der Waals surface area contributed by atoms with E-state index < -0.39 is 17.8 Å². The molecule has 2 aromatic heterocycles. The van der Waals surface area contributed by atoms with Crippen molar-refractivity contribution in [1.82, 2.24) is 24.8 Å². The molecule has 0 aliphatic heterocycles. The summed E-state index contributed by atoms with van der Waals surface area (Å²) in [5.74, 6) is -2.17. The Morgan fingerprint density at radius 3 is 2.71 bits per heavy atom. The maximum atomic E-state index is 11.3. The lowest BCUT2D eigenvalue weighted by molar-refractivity contribution is -0.121. The van der Waals surface area contributed by atoms with Crippen LogP contribution in [0.15, 0.2) is 12.4 Å². The number of nitrogens with two attached hydrogens (primary N) is 1. The maximum absolute atomic E-state index is 11.3. The number of rotatable bonds is 6. The molecule has 0 saturated carbocycles. The fourth-order valence-corrected chi connectivity index (χ4v) is 1.88. The monoisotopic (exact) mass is 292 g/mol. The normalized spacial score (nSPS) is 12.3. The Bertz CT molecular complexity index is 674. The second-order valence-electron chi connectivity index (χ2n) is 4.66. The third kappa shape index (κ3) is 2.91. The quantitative estimate of drug-likeness (QED) is 0.769. The number of hydrogen-bond acceptors (Lipinski definition) is 5. The van der Waals surface area contributed by atoms with E-state index in [1.54, 1.807) is 24.0 Å². The summed E-state index contributed by atoms with van der Waals surface area (Å²) in [6.07, 6.45) is 3.25. The molecule has 112 valence electrons. The van der Waals surface area contributed by atoms with Crippen LogP contribution in [0, 0.1) is 5.92 Å². The smallest absolute Gasteiger partial charge is 0.358 e. The maximum Gasteiger partial charge on any atom is 0.358 e. The highest BCUT2D eigenvalue weighted by Gasteiger charge is 2.23. The third-order valence-corrected chi connectivity index (χ3v) is 3.10. The van der Waals surface area contributed by atoms with Crippen LogP contribution < -0.4 is 5.73 Å². The largest absolute Gasteiger partial charge is 0.476 e. The van der Waals surface area contributed by atoms with E-state index in [9.17, 15) is 14.7 Å². The summed E-state index contributed by atoms with van der Waals surface area (Å²) in [4.78, 5) is 22.4. The highest BCUT2D eigenvalue weighted by atomic mass is 16.4. The topological polar surface area (TPSA) is 129 Å². The fraction of sp³-hybridized carbons (Fsp3) is 0.417. The number of carboxylic acid groups (broad SMARTS) is 1. The minimum Gasteiger partial charge on any atom is -0.476 e. The average Bonchev–Trinajstić information content (AvgIpc) is 3.03. The number of aromatic nitrogens is 5. The Morgan fingerprint density at radius 2 is 2.19 bits per heavy atom. The van der Waals surface area contributed by atoms with E-state index in [0.29, 0.717) is 17.8 Å². The van der Waals surface area contributed by atoms with Crippen molar-refractivity contribution in [2.45, 2.75) is 26.9 Å². The van der Waals surface area contributed by atoms with Crippen LogP contribution in [0.1, 0.15) is 24.3 Å². The number of hydrogen-bond donors (Lipinski definition) is 2. The molecule has 9 nitrogen and oxygen atoms in total. The van der Waals surface area contributed by atoms with E-state index in [4.69, 9.17) is 5.73 Å². The molecule has 2 aromatic rings. The summed E-state index contributed by atoms with van der Waals surface area (Å²) in [6.45, 7) is 4.37. The molecule has 21 heavy (non-hydrogen) atoms. The van der Waals surface area contributed by atoms with Gasteiger partial charge in [0.2, 0.25) is 5.91 Å². The minimum absolute atomic E-state index is 0.155. The lowest BCUT2D eigenvalue weighted by Crippen LogP contribution is -2.25. The zero-order chi connectivity index (χ0) is 15.6. The molecular weight excluding hydrogens is 276 g/mol. The molecule has 0 radical (unpaired) electrons. The van der Waals surface area contributed by atoms with E-state index in [-0.39, 0.29) is 12.2 Å². The zero-order valence-electron chi connectivity index (χ0n) is 11.7. The van der Waals surface area contributed by atoms with Crippen LogP contribution in [-0.4, -0.2) is 41.8 Å². The highest BCUT2D eigenvalue weighted by molar-refractivity contribution is 5.92. The molecule has 0 bridgehead atoms. The van der Waals surface area contributed by atoms with Gasteiger partial charge >= 0.3 is 5.97 Å². The molecule has 9 heteroatoms. The van der Waals surface area contributed by atoms with Crippen LogP contribution in [0.4, 0.5) is 0 Å². The molecule has 1 amide bonds. The van der Waals surface area contributed by atoms with Gasteiger partial charge in [-0.05, 0) is 6.92 Å². The van der Waals surface area contributed by atoms with Crippen molar-refractivity contribution in [3.05, 3.63) is 18.1 Å². The van der Waals surface area contributed by atoms with Crippen LogP contribution in [0.2, 0.25) is 0 Å². The zero-order valence-corrected chi connectivity index (χ0v) is 11.7. The van der Waals surface area contributed by atoms with Crippen molar-refractivity contribution in [2.24, 2.45) is 11.7 Å². The third-order valence-electron chi connectivity index (χ3n) is 3.10. The molecule has 0 aromatic carbocycles. The number of carbonyl (C=O) groups excluding carboxylic acids is 1. The van der Waals surface area contributed by atoms with E-state index in [1.165, 1.54) is 4.68 Å². The predicted octanol–water partition coefficient (Wildman–Crippen LogP) is -0.0189. The van der Waals surface area contributed by atoms with Crippen molar-refractivity contribution >= 4 is 11.9 Å². The molecule has 0 aliphatic rings. The van der Waals surface area contributed by atoms with Crippen molar-refractivity contribution in [3.8, 4) is 11.3 Å². The Kier molecular flexibility index (Phi) is 4.01.